The number of nitrogens with zero attached hydrogens (tertiary/aromatic N) is 1. The van der Waals surface area contributed by atoms with Crippen molar-refractivity contribution in [1.29, 1.82) is 0 Å². The number of rotatable bonds is 6. The van der Waals surface area contributed by atoms with Crippen LogP contribution in [-0.4, -0.2) is 43.1 Å². The van der Waals surface area contributed by atoms with Crippen LogP contribution in [0.15, 0.2) is 30.3 Å². The van der Waals surface area contributed by atoms with E-state index in [-0.39, 0.29) is 18.0 Å². The first-order valence-electron chi connectivity index (χ1n) is 7.55. The lowest BCUT2D eigenvalue weighted by Crippen LogP contribution is -2.49. The molecule has 21 heavy (non-hydrogen) atoms. The van der Waals surface area contributed by atoms with Gasteiger partial charge in [-0.25, -0.2) is 0 Å². The first-order valence-corrected chi connectivity index (χ1v) is 8.95. The van der Waals surface area contributed by atoms with Crippen LogP contribution < -0.4 is 16.0 Å². The number of nitrogens with one attached hydrogen (secondary N) is 1. The van der Waals surface area contributed by atoms with E-state index in [0.717, 1.165) is 38.1 Å². The van der Waals surface area contributed by atoms with Crippen molar-refractivity contribution in [2.24, 2.45) is 5.73 Å². The number of hydrogen-bond acceptors (Lipinski definition) is 4. The van der Waals surface area contributed by atoms with Crippen LogP contribution in [0.25, 0.3) is 0 Å². The summed E-state index contributed by atoms with van der Waals surface area (Å²) < 4.78 is 0. The lowest BCUT2D eigenvalue weighted by Gasteiger charge is -2.34. The Labute approximate surface area is 131 Å². The van der Waals surface area contributed by atoms with Crippen molar-refractivity contribution in [3.8, 4) is 0 Å². The molecule has 1 aromatic rings. The second kappa shape index (κ2) is 8.29. The Bertz CT molecular complexity index is 432. The SMILES string of the molecule is CSCC[C@H](N)C(=O)NC1CCN(c2ccccc2)CC1. The number of para-hydroxylation sites is 1. The van der Waals surface area contributed by atoms with E-state index in [4.69, 9.17) is 5.73 Å². The van der Waals surface area contributed by atoms with E-state index >= 15 is 0 Å². The number of anilines is 1. The van der Waals surface area contributed by atoms with E-state index in [0.29, 0.717) is 0 Å². The van der Waals surface area contributed by atoms with Crippen LogP contribution in [0.3, 0.4) is 0 Å². The molecule has 0 radical (unpaired) electrons. The number of benzene rings is 1. The maximum absolute atomic E-state index is 12.0. The van der Waals surface area contributed by atoms with Crippen molar-refractivity contribution in [2.45, 2.75) is 31.3 Å². The van der Waals surface area contributed by atoms with Crippen molar-refractivity contribution < 1.29 is 4.79 Å². The Morgan fingerprint density at radius 3 is 2.67 bits per heavy atom. The molecule has 2 rings (SSSR count). The third-order valence-corrected chi connectivity index (χ3v) is 4.58. The van der Waals surface area contributed by atoms with Crippen LogP contribution in [0.1, 0.15) is 19.3 Å². The molecule has 1 saturated heterocycles. The number of carbonyl (C=O) groups excluding carboxylic acids is 1. The number of carbonyl (C=O) groups is 1. The number of nitrogens with two attached hydrogens (primary N) is 1. The van der Waals surface area contributed by atoms with Gasteiger partial charge in [0.05, 0.1) is 6.04 Å². The van der Waals surface area contributed by atoms with Gasteiger partial charge in [-0.15, -0.1) is 0 Å². The summed E-state index contributed by atoms with van der Waals surface area (Å²) >= 11 is 1.72. The molecule has 5 heteroatoms. The highest BCUT2D eigenvalue weighted by Crippen LogP contribution is 2.19. The number of thioether (sulfide) groups is 1. The number of piperidine rings is 1. The molecule has 0 aliphatic carbocycles. The van der Waals surface area contributed by atoms with Crippen LogP contribution in [0.4, 0.5) is 5.69 Å². The van der Waals surface area contributed by atoms with Crippen molar-refractivity contribution in [2.75, 3.05) is 30.0 Å². The van der Waals surface area contributed by atoms with E-state index in [1.165, 1.54) is 5.69 Å². The first-order chi connectivity index (χ1) is 10.2. The molecule has 116 valence electrons. The Kier molecular flexibility index (Phi) is 6.39. The second-order valence-corrected chi connectivity index (χ2v) is 6.48. The molecule has 1 aliphatic rings. The Morgan fingerprint density at radius 2 is 2.05 bits per heavy atom. The fourth-order valence-corrected chi connectivity index (χ4v) is 3.09. The third-order valence-electron chi connectivity index (χ3n) is 3.93. The normalized spacial score (nSPS) is 17.5. The standard InChI is InChI=1S/C16H25N3OS/c1-21-12-9-15(17)16(20)18-13-7-10-19(11-8-13)14-5-3-2-4-6-14/h2-6,13,15H,7-12,17H2,1H3,(H,18,20)/t15-/m0/s1. The Morgan fingerprint density at radius 1 is 1.38 bits per heavy atom. The molecule has 1 aromatic carbocycles. The van der Waals surface area contributed by atoms with Crippen molar-refractivity contribution in [1.82, 2.24) is 5.32 Å². The number of amides is 1. The maximum atomic E-state index is 12.0. The summed E-state index contributed by atoms with van der Waals surface area (Å²) in [5.41, 5.74) is 7.17. The average Bonchev–Trinajstić information content (AvgIpc) is 2.54. The average molecular weight is 307 g/mol. The van der Waals surface area contributed by atoms with E-state index in [1.54, 1.807) is 11.8 Å². The summed E-state index contributed by atoms with van der Waals surface area (Å²) in [6.45, 7) is 1.96. The minimum Gasteiger partial charge on any atom is -0.371 e. The minimum absolute atomic E-state index is 0.00205. The van der Waals surface area contributed by atoms with Gasteiger partial charge in [0.1, 0.15) is 0 Å². The van der Waals surface area contributed by atoms with Crippen LogP contribution in [0.2, 0.25) is 0 Å². The largest absolute Gasteiger partial charge is 0.371 e. The summed E-state index contributed by atoms with van der Waals surface area (Å²) in [4.78, 5) is 14.4. The monoisotopic (exact) mass is 307 g/mol. The van der Waals surface area contributed by atoms with Gasteiger partial charge in [-0.2, -0.15) is 11.8 Å². The molecule has 3 N–H and O–H groups in total. The van der Waals surface area contributed by atoms with Gasteiger partial charge in [0.15, 0.2) is 0 Å². The molecular formula is C16H25N3OS. The van der Waals surface area contributed by atoms with Crippen molar-refractivity contribution in [3.05, 3.63) is 30.3 Å². The minimum atomic E-state index is -0.371. The zero-order chi connectivity index (χ0) is 15.1. The van der Waals surface area contributed by atoms with E-state index in [2.05, 4.69) is 34.5 Å². The predicted octanol–water partition coefficient (Wildman–Crippen LogP) is 1.85. The molecule has 0 unspecified atom stereocenters. The third kappa shape index (κ3) is 4.93. The molecule has 1 atom stereocenters. The molecule has 1 heterocycles. The summed E-state index contributed by atoms with van der Waals surface area (Å²) in [5, 5.41) is 3.10. The smallest absolute Gasteiger partial charge is 0.237 e. The van der Waals surface area contributed by atoms with E-state index in [1.807, 2.05) is 12.3 Å². The molecule has 0 saturated carbocycles. The zero-order valence-electron chi connectivity index (χ0n) is 12.6. The molecular weight excluding hydrogens is 282 g/mol. The quantitative estimate of drug-likeness (QED) is 0.842. The van der Waals surface area contributed by atoms with Gasteiger partial charge in [0.2, 0.25) is 5.91 Å². The van der Waals surface area contributed by atoms with Gasteiger partial charge in [0, 0.05) is 24.8 Å². The Balaban J connectivity index is 1.75. The summed E-state index contributed by atoms with van der Waals surface area (Å²) in [5.74, 6) is 0.934. The molecule has 1 aliphatic heterocycles. The summed E-state index contributed by atoms with van der Waals surface area (Å²) in [6.07, 6.45) is 4.74. The van der Waals surface area contributed by atoms with E-state index in [9.17, 15) is 4.79 Å². The van der Waals surface area contributed by atoms with Gasteiger partial charge < -0.3 is 16.0 Å². The Hall–Kier alpha value is -1.20. The summed E-state index contributed by atoms with van der Waals surface area (Å²) in [6, 6.07) is 10.3. The molecule has 1 fully saturated rings. The van der Waals surface area contributed by atoms with Crippen LogP contribution in [0.5, 0.6) is 0 Å². The van der Waals surface area contributed by atoms with Gasteiger partial charge in [-0.05, 0) is 43.4 Å². The van der Waals surface area contributed by atoms with E-state index < -0.39 is 0 Å². The fourth-order valence-electron chi connectivity index (χ4n) is 2.60. The van der Waals surface area contributed by atoms with Gasteiger partial charge in [0.25, 0.3) is 0 Å². The molecule has 1 amide bonds. The van der Waals surface area contributed by atoms with Crippen molar-refractivity contribution in [3.63, 3.8) is 0 Å². The van der Waals surface area contributed by atoms with Crippen molar-refractivity contribution >= 4 is 23.4 Å². The van der Waals surface area contributed by atoms with Crippen LogP contribution in [0, 0.1) is 0 Å². The fraction of sp³-hybridized carbons (Fsp3) is 0.562. The van der Waals surface area contributed by atoms with Gasteiger partial charge in [-0.1, -0.05) is 18.2 Å². The summed E-state index contributed by atoms with van der Waals surface area (Å²) in [7, 11) is 0. The first kappa shape index (κ1) is 16.2. The lowest BCUT2D eigenvalue weighted by atomic mass is 10.0. The second-order valence-electron chi connectivity index (χ2n) is 5.49. The van der Waals surface area contributed by atoms with Crippen LogP contribution in [-0.2, 0) is 4.79 Å². The highest BCUT2D eigenvalue weighted by Gasteiger charge is 2.22. The topological polar surface area (TPSA) is 58.4 Å². The predicted molar refractivity (Wildman–Crippen MR) is 90.8 cm³/mol. The lowest BCUT2D eigenvalue weighted by molar-refractivity contribution is -0.123. The number of hydrogen-bond donors (Lipinski definition) is 2. The zero-order valence-corrected chi connectivity index (χ0v) is 13.4. The highest BCUT2D eigenvalue weighted by atomic mass is 32.2. The van der Waals surface area contributed by atoms with Gasteiger partial charge >= 0.3 is 0 Å². The molecule has 4 nitrogen and oxygen atoms in total. The van der Waals surface area contributed by atoms with Crippen LogP contribution >= 0.6 is 11.8 Å². The highest BCUT2D eigenvalue weighted by molar-refractivity contribution is 7.98. The maximum Gasteiger partial charge on any atom is 0.237 e. The van der Waals surface area contributed by atoms with Gasteiger partial charge in [-0.3, -0.25) is 4.79 Å². The molecule has 0 bridgehead atoms. The molecule has 0 aromatic heterocycles. The molecule has 0 spiro atoms.